The van der Waals surface area contributed by atoms with Gasteiger partial charge in [0, 0.05) is 5.57 Å². The number of ether oxygens (including phenoxy) is 1. The summed E-state index contributed by atoms with van der Waals surface area (Å²) in [6.45, 7) is 5.07. The molecule has 2 unspecified atom stereocenters. The quantitative estimate of drug-likeness (QED) is 0.166. The van der Waals surface area contributed by atoms with Crippen molar-refractivity contribution < 1.29 is 48.2 Å². The molecule has 0 radical (unpaired) electrons. The summed E-state index contributed by atoms with van der Waals surface area (Å²) in [6, 6.07) is -1.31. The summed E-state index contributed by atoms with van der Waals surface area (Å²) in [6.07, 6.45) is 0. The maximum absolute atomic E-state index is 11.5. The summed E-state index contributed by atoms with van der Waals surface area (Å²) in [7, 11) is -1.01. The lowest BCUT2D eigenvalue weighted by Crippen LogP contribution is -2.70. The van der Waals surface area contributed by atoms with Crippen LogP contribution in [0.4, 0.5) is 0 Å². The highest BCUT2D eigenvalue weighted by atomic mass is 31.2. The van der Waals surface area contributed by atoms with Crippen molar-refractivity contribution in [2.24, 2.45) is 0 Å². The molecule has 2 atom stereocenters. The molecule has 0 aliphatic rings. The summed E-state index contributed by atoms with van der Waals surface area (Å²) in [5, 5.41) is 10.4. The first kappa shape index (κ1) is 22.7. The summed E-state index contributed by atoms with van der Waals surface area (Å²) >= 11 is 0. The molecule has 140 valence electrons. The second-order valence-corrected chi connectivity index (χ2v) is 7.30. The van der Waals surface area contributed by atoms with E-state index in [1.54, 1.807) is 21.0 Å². The Balaban J connectivity index is 4.13. The van der Waals surface area contributed by atoms with Gasteiger partial charge in [0.1, 0.15) is 44.9 Å². The summed E-state index contributed by atoms with van der Waals surface area (Å²) in [5.41, 5.74) is 3.47. The topological polar surface area (TPSA) is 153 Å². The predicted molar refractivity (Wildman–Crippen MR) is 78.8 cm³/mol. The third-order valence-corrected chi connectivity index (χ3v) is 3.96. The number of phosphoric acid groups is 1. The van der Waals surface area contributed by atoms with Crippen molar-refractivity contribution in [1.29, 1.82) is 0 Å². The first-order valence-electron chi connectivity index (χ1n) is 7.15. The molecule has 0 aromatic carbocycles. The van der Waals surface area contributed by atoms with Gasteiger partial charge < -0.3 is 38.8 Å². The Morgan fingerprint density at radius 1 is 1.25 bits per heavy atom. The number of carbonyl (C=O) groups excluding carboxylic acids is 2. The number of rotatable bonds is 12. The van der Waals surface area contributed by atoms with Crippen LogP contribution in [0.2, 0.25) is 0 Å². The van der Waals surface area contributed by atoms with Crippen LogP contribution in [0.15, 0.2) is 12.2 Å². The van der Waals surface area contributed by atoms with Gasteiger partial charge in [-0.1, -0.05) is 6.58 Å². The molecule has 0 spiro atoms. The monoisotopic (exact) mass is 368 g/mol. The standard InChI is InChI=1S/C13H25N2O8P/c1-10(2)13(18)21-7-5-15(3,4)6-8-22-24(19,20)23-9-11(14)12(16)17/h11H,1,5-9,14H2,2-4H3,(H-,16,17,19,20). The molecule has 0 aliphatic heterocycles. The van der Waals surface area contributed by atoms with Crippen molar-refractivity contribution in [3.8, 4) is 0 Å². The minimum absolute atomic E-state index is 0.152. The van der Waals surface area contributed by atoms with Crippen LogP contribution in [0.25, 0.3) is 0 Å². The van der Waals surface area contributed by atoms with Crippen molar-refractivity contribution in [1.82, 2.24) is 0 Å². The molecule has 0 rings (SSSR count). The van der Waals surface area contributed by atoms with Gasteiger partial charge in [-0.15, -0.1) is 0 Å². The van der Waals surface area contributed by atoms with Crippen molar-refractivity contribution in [2.45, 2.75) is 13.0 Å². The molecule has 0 amide bonds. The first-order chi connectivity index (χ1) is 10.9. The highest BCUT2D eigenvalue weighted by Crippen LogP contribution is 2.37. The minimum Gasteiger partial charge on any atom is -0.756 e. The first-order valence-corrected chi connectivity index (χ1v) is 8.61. The van der Waals surface area contributed by atoms with Crippen LogP contribution < -0.4 is 15.7 Å². The Labute approximate surface area is 141 Å². The number of hydrogen-bond acceptors (Lipinski definition) is 8. The van der Waals surface area contributed by atoms with Crippen LogP contribution >= 0.6 is 7.82 Å². The SMILES string of the molecule is C=C(C)C(=O)OCC[N+](C)(C)CCOP(=O)([O-])OCC([NH3+])C(=O)[O-]. The number of carboxylic acid groups (broad SMARTS) is 1. The van der Waals surface area contributed by atoms with Crippen LogP contribution in [0.3, 0.4) is 0 Å². The van der Waals surface area contributed by atoms with Gasteiger partial charge in [-0.3, -0.25) is 4.57 Å². The average Bonchev–Trinajstić information content (AvgIpc) is 2.43. The number of nitrogens with zero attached hydrogens (tertiary/aromatic N) is 1. The molecule has 0 fully saturated rings. The molecule has 0 saturated carbocycles. The van der Waals surface area contributed by atoms with Gasteiger partial charge in [0.25, 0.3) is 7.82 Å². The van der Waals surface area contributed by atoms with E-state index in [1.165, 1.54) is 0 Å². The molecule has 0 aromatic heterocycles. The molecule has 10 nitrogen and oxygen atoms in total. The van der Waals surface area contributed by atoms with E-state index in [1.807, 2.05) is 0 Å². The fourth-order valence-corrected chi connectivity index (χ4v) is 2.05. The lowest BCUT2D eigenvalue weighted by molar-refractivity contribution is -0.890. The van der Waals surface area contributed by atoms with Gasteiger partial charge in [-0.25, -0.2) is 4.79 Å². The molecule has 0 aliphatic carbocycles. The van der Waals surface area contributed by atoms with Gasteiger partial charge >= 0.3 is 5.97 Å². The van der Waals surface area contributed by atoms with Gasteiger partial charge in [-0.05, 0) is 6.92 Å². The summed E-state index contributed by atoms with van der Waals surface area (Å²) < 4.78 is 25.9. The Bertz CT molecular complexity index is 508. The zero-order valence-electron chi connectivity index (χ0n) is 14.2. The van der Waals surface area contributed by atoms with E-state index in [9.17, 15) is 24.2 Å². The lowest BCUT2D eigenvalue weighted by atomic mass is 10.3. The molecular weight excluding hydrogens is 343 g/mol. The number of quaternary nitrogens is 2. The Morgan fingerprint density at radius 3 is 2.29 bits per heavy atom. The fourth-order valence-electron chi connectivity index (χ4n) is 1.31. The molecular formula is C13H25N2O8P. The molecule has 0 saturated heterocycles. The number of carbonyl (C=O) groups is 2. The van der Waals surface area contributed by atoms with Crippen molar-refractivity contribution in [3.05, 3.63) is 12.2 Å². The minimum atomic E-state index is -4.61. The van der Waals surface area contributed by atoms with Crippen molar-refractivity contribution >= 4 is 19.8 Å². The zero-order chi connectivity index (χ0) is 19.0. The van der Waals surface area contributed by atoms with Gasteiger partial charge in [0.05, 0.1) is 14.1 Å². The number of phosphoric ester groups is 1. The zero-order valence-corrected chi connectivity index (χ0v) is 15.1. The third-order valence-electron chi connectivity index (χ3n) is 2.99. The fraction of sp³-hybridized carbons (Fsp3) is 0.692. The van der Waals surface area contributed by atoms with E-state index >= 15 is 0 Å². The Kier molecular flexibility index (Phi) is 9.34. The highest BCUT2D eigenvalue weighted by Gasteiger charge is 2.19. The van der Waals surface area contributed by atoms with Crippen LogP contribution in [0.5, 0.6) is 0 Å². The largest absolute Gasteiger partial charge is 0.756 e. The van der Waals surface area contributed by atoms with Crippen molar-refractivity contribution in [2.75, 3.05) is 47.0 Å². The van der Waals surface area contributed by atoms with E-state index in [0.29, 0.717) is 23.1 Å². The average molecular weight is 368 g/mol. The molecule has 3 N–H and O–H groups in total. The maximum atomic E-state index is 11.5. The molecule has 11 heteroatoms. The predicted octanol–water partition coefficient (Wildman–Crippen LogP) is -2.96. The maximum Gasteiger partial charge on any atom is 0.333 e. The van der Waals surface area contributed by atoms with Crippen LogP contribution in [0.1, 0.15) is 6.92 Å². The molecule has 0 heterocycles. The van der Waals surface area contributed by atoms with Crippen LogP contribution in [-0.2, 0) is 27.9 Å². The van der Waals surface area contributed by atoms with E-state index in [-0.39, 0.29) is 13.2 Å². The number of likely N-dealkylation sites (N-methyl/N-ethyl adjacent to an activating group) is 1. The smallest absolute Gasteiger partial charge is 0.333 e. The molecule has 0 aromatic rings. The third kappa shape index (κ3) is 10.5. The van der Waals surface area contributed by atoms with Gasteiger partial charge in [-0.2, -0.15) is 0 Å². The normalized spacial score (nSPS) is 15.4. The number of esters is 1. The summed E-state index contributed by atoms with van der Waals surface area (Å²) in [5.74, 6) is -2.00. The van der Waals surface area contributed by atoms with E-state index in [4.69, 9.17) is 4.74 Å². The van der Waals surface area contributed by atoms with Crippen molar-refractivity contribution in [3.63, 3.8) is 0 Å². The van der Waals surface area contributed by atoms with Crippen LogP contribution in [-0.4, -0.2) is 69.5 Å². The Morgan fingerprint density at radius 2 is 1.79 bits per heavy atom. The lowest BCUT2D eigenvalue weighted by Gasteiger charge is -2.31. The second-order valence-electron chi connectivity index (χ2n) is 5.89. The number of aliphatic carboxylic acids is 1. The highest BCUT2D eigenvalue weighted by molar-refractivity contribution is 7.45. The molecule has 0 bridgehead atoms. The van der Waals surface area contributed by atoms with E-state index in [2.05, 4.69) is 21.4 Å². The Hall–Kier alpha value is -1.29. The number of carboxylic acids is 1. The second kappa shape index (κ2) is 9.87. The van der Waals surface area contributed by atoms with Crippen LogP contribution in [0, 0.1) is 0 Å². The number of hydrogen-bond donors (Lipinski definition) is 1. The molecule has 24 heavy (non-hydrogen) atoms. The summed E-state index contributed by atoms with van der Waals surface area (Å²) in [4.78, 5) is 33.1. The van der Waals surface area contributed by atoms with Gasteiger partial charge in [0.2, 0.25) is 0 Å². The van der Waals surface area contributed by atoms with E-state index in [0.717, 1.165) is 0 Å². The van der Waals surface area contributed by atoms with E-state index < -0.39 is 32.4 Å². The van der Waals surface area contributed by atoms with Gasteiger partial charge in [0.15, 0.2) is 0 Å².